The SMILES string of the molecule is CCOC(=O)c1c(NC(=O)[C@@H](C)Sc2nnc(CNC(=O)c3ccc(OC)c(OC)c3)n2C)sc2c1CCCC2. The second-order valence-corrected chi connectivity index (χ2v) is 11.5. The molecular formula is C27H33N5O6S2. The van der Waals surface area contributed by atoms with E-state index in [1.54, 1.807) is 43.7 Å². The van der Waals surface area contributed by atoms with Crippen LogP contribution < -0.4 is 20.1 Å². The molecule has 0 radical (unpaired) electrons. The van der Waals surface area contributed by atoms with E-state index in [0.29, 0.717) is 38.6 Å². The minimum atomic E-state index is -0.522. The summed E-state index contributed by atoms with van der Waals surface area (Å²) in [5.74, 6) is 0.562. The van der Waals surface area contributed by atoms with Gasteiger partial charge in [0.15, 0.2) is 22.5 Å². The average Bonchev–Trinajstić information content (AvgIpc) is 3.50. The molecular weight excluding hydrogens is 554 g/mol. The molecule has 0 bridgehead atoms. The maximum absolute atomic E-state index is 13.1. The number of ether oxygens (including phenoxy) is 3. The Balaban J connectivity index is 1.39. The summed E-state index contributed by atoms with van der Waals surface area (Å²) in [6, 6.07) is 4.91. The van der Waals surface area contributed by atoms with Crippen molar-refractivity contribution in [2.45, 2.75) is 56.5 Å². The number of thiophene rings is 1. The van der Waals surface area contributed by atoms with Gasteiger partial charge in [-0.15, -0.1) is 21.5 Å². The lowest BCUT2D eigenvalue weighted by molar-refractivity contribution is -0.115. The zero-order valence-electron chi connectivity index (χ0n) is 23.2. The van der Waals surface area contributed by atoms with Crippen molar-refractivity contribution in [3.8, 4) is 11.5 Å². The van der Waals surface area contributed by atoms with Crippen LogP contribution in [-0.2, 0) is 36.0 Å². The molecule has 3 aromatic rings. The molecule has 1 aliphatic carbocycles. The average molecular weight is 588 g/mol. The molecule has 1 atom stereocenters. The highest BCUT2D eigenvalue weighted by atomic mass is 32.2. The first-order valence-corrected chi connectivity index (χ1v) is 14.6. The van der Waals surface area contributed by atoms with E-state index >= 15 is 0 Å². The Morgan fingerprint density at radius 1 is 1.12 bits per heavy atom. The number of nitrogens with one attached hydrogen (secondary N) is 2. The van der Waals surface area contributed by atoms with Crippen LogP contribution in [0.2, 0.25) is 0 Å². The highest BCUT2D eigenvalue weighted by Crippen LogP contribution is 2.39. The second-order valence-electron chi connectivity index (χ2n) is 9.10. The number of esters is 1. The van der Waals surface area contributed by atoms with Gasteiger partial charge in [-0.1, -0.05) is 11.8 Å². The van der Waals surface area contributed by atoms with E-state index in [4.69, 9.17) is 14.2 Å². The molecule has 0 aliphatic heterocycles. The molecule has 0 saturated carbocycles. The number of nitrogens with zero attached hydrogens (tertiary/aromatic N) is 3. The molecule has 0 saturated heterocycles. The number of aryl methyl sites for hydroxylation is 1. The largest absolute Gasteiger partial charge is 0.493 e. The number of benzene rings is 1. The maximum atomic E-state index is 13.1. The first-order valence-electron chi connectivity index (χ1n) is 12.9. The van der Waals surface area contributed by atoms with E-state index in [-0.39, 0.29) is 25.0 Å². The van der Waals surface area contributed by atoms with E-state index in [1.165, 1.54) is 37.3 Å². The molecule has 2 amide bonds. The lowest BCUT2D eigenvalue weighted by Gasteiger charge is -2.13. The standard InChI is InChI=1S/C27H33N5O6S2/c1-6-38-26(35)22-17-9-7-8-10-20(17)40-25(22)29-23(33)15(2)39-27-31-30-21(32(27)3)14-28-24(34)16-11-12-18(36-4)19(13-16)37-5/h11-13,15H,6-10,14H2,1-5H3,(H,28,34)(H,29,33)/t15-/m1/s1. The highest BCUT2D eigenvalue weighted by Gasteiger charge is 2.29. The molecule has 1 aromatic carbocycles. The van der Waals surface area contributed by atoms with Crippen LogP contribution >= 0.6 is 23.1 Å². The van der Waals surface area contributed by atoms with Crippen molar-refractivity contribution in [1.29, 1.82) is 0 Å². The molecule has 4 rings (SSSR count). The van der Waals surface area contributed by atoms with Crippen LogP contribution in [0.3, 0.4) is 0 Å². The number of hydrogen-bond donors (Lipinski definition) is 2. The predicted molar refractivity (Wildman–Crippen MR) is 153 cm³/mol. The first-order chi connectivity index (χ1) is 19.3. The molecule has 11 nitrogen and oxygen atoms in total. The molecule has 40 heavy (non-hydrogen) atoms. The summed E-state index contributed by atoms with van der Waals surface area (Å²) in [5.41, 5.74) is 1.90. The summed E-state index contributed by atoms with van der Waals surface area (Å²) in [6.45, 7) is 3.95. The van der Waals surface area contributed by atoms with Crippen molar-refractivity contribution in [3.05, 3.63) is 45.6 Å². The van der Waals surface area contributed by atoms with E-state index < -0.39 is 11.2 Å². The molecule has 0 fully saturated rings. The monoisotopic (exact) mass is 587 g/mol. The van der Waals surface area contributed by atoms with E-state index in [2.05, 4.69) is 20.8 Å². The fourth-order valence-electron chi connectivity index (χ4n) is 4.34. The molecule has 0 unspecified atom stereocenters. The van der Waals surface area contributed by atoms with E-state index in [9.17, 15) is 14.4 Å². The smallest absolute Gasteiger partial charge is 0.341 e. The maximum Gasteiger partial charge on any atom is 0.341 e. The van der Waals surface area contributed by atoms with Crippen LogP contribution in [0.5, 0.6) is 11.5 Å². The summed E-state index contributed by atoms with van der Waals surface area (Å²) in [5, 5.41) is 14.7. The lowest BCUT2D eigenvalue weighted by Crippen LogP contribution is -2.25. The number of methoxy groups -OCH3 is 2. The van der Waals surface area contributed by atoms with Gasteiger partial charge >= 0.3 is 5.97 Å². The van der Waals surface area contributed by atoms with Gasteiger partial charge < -0.3 is 29.4 Å². The Kier molecular flexibility index (Phi) is 9.69. The van der Waals surface area contributed by atoms with Gasteiger partial charge in [-0.25, -0.2) is 4.79 Å². The van der Waals surface area contributed by atoms with Crippen molar-refractivity contribution >= 4 is 45.9 Å². The number of fused-ring (bicyclic) bond motifs is 1. The van der Waals surface area contributed by atoms with Crippen LogP contribution in [0.15, 0.2) is 23.4 Å². The molecule has 2 heterocycles. The van der Waals surface area contributed by atoms with Crippen LogP contribution in [0.25, 0.3) is 0 Å². The van der Waals surface area contributed by atoms with Crippen molar-refractivity contribution in [2.24, 2.45) is 7.05 Å². The topological polar surface area (TPSA) is 134 Å². The van der Waals surface area contributed by atoms with E-state index in [0.717, 1.165) is 36.1 Å². The number of carbonyl (C=O) groups excluding carboxylic acids is 3. The number of amides is 2. The minimum absolute atomic E-state index is 0.140. The third-order valence-electron chi connectivity index (χ3n) is 6.52. The fraction of sp³-hybridized carbons (Fsp3) is 0.444. The Labute approximate surface area is 241 Å². The Bertz CT molecular complexity index is 1400. The van der Waals surface area contributed by atoms with Gasteiger partial charge in [0.25, 0.3) is 5.91 Å². The number of carbonyl (C=O) groups is 3. The summed E-state index contributed by atoms with van der Waals surface area (Å²) < 4.78 is 17.5. The number of rotatable bonds is 11. The first kappa shape index (κ1) is 29.4. The number of thioether (sulfide) groups is 1. The molecule has 1 aliphatic rings. The summed E-state index contributed by atoms with van der Waals surface area (Å²) in [4.78, 5) is 39.7. The Hall–Kier alpha value is -3.58. The highest BCUT2D eigenvalue weighted by molar-refractivity contribution is 8.00. The van der Waals surface area contributed by atoms with Gasteiger partial charge in [-0.2, -0.15) is 0 Å². The zero-order chi connectivity index (χ0) is 28.8. The molecule has 13 heteroatoms. The van der Waals surface area contributed by atoms with Crippen LogP contribution in [0.1, 0.15) is 63.7 Å². The normalized spacial score (nSPS) is 13.2. The van der Waals surface area contributed by atoms with Crippen molar-refractivity contribution in [2.75, 3.05) is 26.1 Å². The lowest BCUT2D eigenvalue weighted by atomic mass is 9.95. The minimum Gasteiger partial charge on any atom is -0.493 e. The molecule has 214 valence electrons. The summed E-state index contributed by atoms with van der Waals surface area (Å²) in [7, 11) is 4.81. The summed E-state index contributed by atoms with van der Waals surface area (Å²) >= 11 is 2.70. The van der Waals surface area contributed by atoms with Gasteiger partial charge in [0.1, 0.15) is 5.00 Å². The predicted octanol–water partition coefficient (Wildman–Crippen LogP) is 4.00. The Morgan fingerprint density at radius 2 is 1.88 bits per heavy atom. The Morgan fingerprint density at radius 3 is 2.60 bits per heavy atom. The van der Waals surface area contributed by atoms with Gasteiger partial charge in [0, 0.05) is 17.5 Å². The van der Waals surface area contributed by atoms with Gasteiger partial charge in [0.05, 0.1) is 38.2 Å². The molecule has 2 N–H and O–H groups in total. The van der Waals surface area contributed by atoms with Crippen molar-refractivity contribution < 1.29 is 28.6 Å². The third-order valence-corrected chi connectivity index (χ3v) is 8.86. The van der Waals surface area contributed by atoms with Crippen LogP contribution in [-0.4, -0.2) is 58.6 Å². The van der Waals surface area contributed by atoms with Gasteiger partial charge in [-0.05, 0) is 63.3 Å². The van der Waals surface area contributed by atoms with Crippen molar-refractivity contribution in [1.82, 2.24) is 20.1 Å². The van der Waals surface area contributed by atoms with Crippen LogP contribution in [0.4, 0.5) is 5.00 Å². The molecule has 2 aromatic heterocycles. The van der Waals surface area contributed by atoms with Gasteiger partial charge in [0.2, 0.25) is 5.91 Å². The third kappa shape index (κ3) is 6.41. The number of aromatic nitrogens is 3. The molecule has 0 spiro atoms. The quantitative estimate of drug-likeness (QED) is 0.252. The summed E-state index contributed by atoms with van der Waals surface area (Å²) in [6.07, 6.45) is 3.79. The second kappa shape index (κ2) is 13.2. The van der Waals surface area contributed by atoms with Crippen LogP contribution in [0, 0.1) is 0 Å². The number of hydrogen-bond acceptors (Lipinski definition) is 10. The zero-order valence-corrected chi connectivity index (χ0v) is 24.8. The number of anilines is 1. The van der Waals surface area contributed by atoms with Crippen molar-refractivity contribution in [3.63, 3.8) is 0 Å². The fourth-order valence-corrected chi connectivity index (χ4v) is 6.45. The van der Waals surface area contributed by atoms with Gasteiger partial charge in [-0.3, -0.25) is 9.59 Å². The van der Waals surface area contributed by atoms with E-state index in [1.807, 2.05) is 0 Å².